The molecule has 0 aliphatic heterocycles. The zero-order valence-electron chi connectivity index (χ0n) is 13.3. The predicted octanol–water partition coefficient (Wildman–Crippen LogP) is 4.70. The third kappa shape index (κ3) is 4.45. The van der Waals surface area contributed by atoms with Crippen molar-refractivity contribution in [3.63, 3.8) is 0 Å². The first-order valence-electron chi connectivity index (χ1n) is 7.57. The van der Waals surface area contributed by atoms with Crippen molar-refractivity contribution >= 4 is 11.8 Å². The summed E-state index contributed by atoms with van der Waals surface area (Å²) in [7, 11) is 0. The second kappa shape index (κ2) is 6.17. The fraction of sp³-hybridized carbons (Fsp3) is 1.00. The maximum absolute atomic E-state index is 5.99. The zero-order valence-corrected chi connectivity index (χ0v) is 14.1. The van der Waals surface area contributed by atoms with Gasteiger partial charge in [-0.15, -0.1) is 0 Å². The van der Waals surface area contributed by atoms with Crippen molar-refractivity contribution in [1.29, 1.82) is 0 Å². The Morgan fingerprint density at radius 1 is 1.11 bits per heavy atom. The molecule has 1 saturated carbocycles. The molecule has 0 aromatic rings. The van der Waals surface area contributed by atoms with Crippen molar-refractivity contribution in [3.05, 3.63) is 0 Å². The molecule has 0 bridgehead atoms. The lowest BCUT2D eigenvalue weighted by Gasteiger charge is -2.44. The summed E-state index contributed by atoms with van der Waals surface area (Å²) in [5.41, 5.74) is 6.48. The van der Waals surface area contributed by atoms with Crippen LogP contribution in [0.25, 0.3) is 0 Å². The van der Waals surface area contributed by atoms with Gasteiger partial charge in [0.1, 0.15) is 0 Å². The molecule has 1 fully saturated rings. The van der Waals surface area contributed by atoms with Crippen molar-refractivity contribution in [3.8, 4) is 0 Å². The van der Waals surface area contributed by atoms with Crippen LogP contribution in [-0.2, 0) is 0 Å². The summed E-state index contributed by atoms with van der Waals surface area (Å²) < 4.78 is 0.357. The molecule has 2 heteroatoms. The quantitative estimate of drug-likeness (QED) is 0.802. The fourth-order valence-electron chi connectivity index (χ4n) is 3.06. The van der Waals surface area contributed by atoms with E-state index in [9.17, 15) is 0 Å². The van der Waals surface area contributed by atoms with Crippen LogP contribution in [0.4, 0.5) is 0 Å². The Labute approximate surface area is 119 Å². The van der Waals surface area contributed by atoms with E-state index in [4.69, 9.17) is 5.73 Å². The molecule has 2 N–H and O–H groups in total. The van der Waals surface area contributed by atoms with Crippen LogP contribution in [-0.4, -0.2) is 16.5 Å². The topological polar surface area (TPSA) is 26.0 Å². The SMILES string of the molecule is CCC(C)(C)C1CCC(CN)C(SC(C)(C)C)C1. The van der Waals surface area contributed by atoms with E-state index in [1.54, 1.807) is 0 Å². The van der Waals surface area contributed by atoms with Gasteiger partial charge in [0, 0.05) is 10.00 Å². The molecule has 108 valence electrons. The van der Waals surface area contributed by atoms with Gasteiger partial charge in [0.25, 0.3) is 0 Å². The molecule has 1 aliphatic rings. The van der Waals surface area contributed by atoms with Gasteiger partial charge in [-0.1, -0.05) is 48.0 Å². The van der Waals surface area contributed by atoms with E-state index in [-0.39, 0.29) is 0 Å². The second-order valence-corrected chi connectivity index (χ2v) is 9.68. The largest absolute Gasteiger partial charge is 0.330 e. The Balaban J connectivity index is 2.72. The highest BCUT2D eigenvalue weighted by atomic mass is 32.2. The summed E-state index contributed by atoms with van der Waals surface area (Å²) in [6, 6.07) is 0. The molecule has 1 aliphatic carbocycles. The van der Waals surface area contributed by atoms with Gasteiger partial charge in [0.2, 0.25) is 0 Å². The lowest BCUT2D eigenvalue weighted by Crippen LogP contribution is -2.39. The molecule has 0 amide bonds. The maximum Gasteiger partial charge on any atom is 0.00954 e. The molecule has 0 spiro atoms. The molecule has 1 rings (SSSR count). The standard InChI is InChI=1S/C16H33NS/c1-7-16(5,6)13-9-8-12(11-17)14(10-13)18-15(2,3)4/h12-14H,7-11,17H2,1-6H3. The van der Waals surface area contributed by atoms with E-state index in [1.165, 1.54) is 25.7 Å². The minimum atomic E-state index is 0.357. The molecule has 1 nitrogen and oxygen atoms in total. The van der Waals surface area contributed by atoms with Crippen LogP contribution < -0.4 is 5.73 Å². The normalized spacial score (nSPS) is 30.5. The van der Waals surface area contributed by atoms with Crippen LogP contribution in [0, 0.1) is 17.3 Å². The zero-order chi connectivity index (χ0) is 14.0. The van der Waals surface area contributed by atoms with Crippen molar-refractivity contribution < 1.29 is 0 Å². The number of nitrogens with two attached hydrogens (primary N) is 1. The Morgan fingerprint density at radius 3 is 2.17 bits per heavy atom. The predicted molar refractivity (Wildman–Crippen MR) is 85.1 cm³/mol. The first-order chi connectivity index (χ1) is 8.19. The Morgan fingerprint density at radius 2 is 1.72 bits per heavy atom. The Hall–Kier alpha value is 0.310. The summed E-state index contributed by atoms with van der Waals surface area (Å²) >= 11 is 2.16. The first kappa shape index (κ1) is 16.4. The molecule has 18 heavy (non-hydrogen) atoms. The highest BCUT2D eigenvalue weighted by molar-refractivity contribution is 8.01. The minimum absolute atomic E-state index is 0.357. The third-order valence-corrected chi connectivity index (χ3v) is 6.34. The highest BCUT2D eigenvalue weighted by Gasteiger charge is 2.38. The molecule has 0 heterocycles. The van der Waals surface area contributed by atoms with E-state index in [1.807, 2.05) is 0 Å². The molecule has 0 saturated heterocycles. The van der Waals surface area contributed by atoms with Gasteiger partial charge in [-0.3, -0.25) is 0 Å². The van der Waals surface area contributed by atoms with Gasteiger partial charge in [-0.2, -0.15) is 11.8 Å². The van der Waals surface area contributed by atoms with Crippen molar-refractivity contribution in [2.75, 3.05) is 6.54 Å². The van der Waals surface area contributed by atoms with Crippen molar-refractivity contribution in [2.24, 2.45) is 23.0 Å². The summed E-state index contributed by atoms with van der Waals surface area (Å²) in [5, 5.41) is 0.763. The summed E-state index contributed by atoms with van der Waals surface area (Å²) in [6.45, 7) is 15.1. The van der Waals surface area contributed by atoms with Gasteiger partial charge >= 0.3 is 0 Å². The average Bonchev–Trinajstić information content (AvgIpc) is 2.26. The van der Waals surface area contributed by atoms with Gasteiger partial charge in [0.15, 0.2) is 0 Å². The molecular weight excluding hydrogens is 238 g/mol. The van der Waals surface area contributed by atoms with E-state index in [2.05, 4.69) is 53.3 Å². The van der Waals surface area contributed by atoms with Gasteiger partial charge in [0.05, 0.1) is 0 Å². The lowest BCUT2D eigenvalue weighted by atomic mass is 9.67. The molecule has 3 unspecified atom stereocenters. The van der Waals surface area contributed by atoms with Crippen molar-refractivity contribution in [2.45, 2.75) is 77.2 Å². The highest BCUT2D eigenvalue weighted by Crippen LogP contribution is 2.47. The Bertz CT molecular complexity index is 254. The van der Waals surface area contributed by atoms with E-state index >= 15 is 0 Å². The van der Waals surface area contributed by atoms with Crippen molar-refractivity contribution in [1.82, 2.24) is 0 Å². The van der Waals surface area contributed by atoms with Crippen LogP contribution in [0.1, 0.15) is 67.2 Å². The summed E-state index contributed by atoms with van der Waals surface area (Å²) in [5.74, 6) is 1.61. The number of hydrogen-bond acceptors (Lipinski definition) is 2. The molecule has 0 aromatic carbocycles. The smallest absolute Gasteiger partial charge is 0.00954 e. The molecular formula is C16H33NS. The van der Waals surface area contributed by atoms with Crippen LogP contribution >= 0.6 is 11.8 Å². The average molecular weight is 272 g/mol. The monoisotopic (exact) mass is 271 g/mol. The summed E-state index contributed by atoms with van der Waals surface area (Å²) in [6.07, 6.45) is 5.37. The third-order valence-electron chi connectivity index (χ3n) is 4.75. The van der Waals surface area contributed by atoms with Crippen LogP contribution in [0.2, 0.25) is 0 Å². The summed E-state index contributed by atoms with van der Waals surface area (Å²) in [4.78, 5) is 0. The molecule has 3 atom stereocenters. The molecule has 0 aromatic heterocycles. The van der Waals surface area contributed by atoms with Gasteiger partial charge < -0.3 is 5.73 Å². The van der Waals surface area contributed by atoms with E-state index in [0.717, 1.165) is 23.6 Å². The Kier molecular flexibility index (Phi) is 5.61. The lowest BCUT2D eigenvalue weighted by molar-refractivity contribution is 0.134. The van der Waals surface area contributed by atoms with E-state index < -0.39 is 0 Å². The number of thioether (sulfide) groups is 1. The number of rotatable bonds is 4. The van der Waals surface area contributed by atoms with Crippen LogP contribution in [0.3, 0.4) is 0 Å². The minimum Gasteiger partial charge on any atom is -0.330 e. The van der Waals surface area contributed by atoms with E-state index in [0.29, 0.717) is 10.2 Å². The van der Waals surface area contributed by atoms with Gasteiger partial charge in [-0.25, -0.2) is 0 Å². The van der Waals surface area contributed by atoms with Crippen LogP contribution in [0.15, 0.2) is 0 Å². The van der Waals surface area contributed by atoms with Gasteiger partial charge in [-0.05, 0) is 43.1 Å². The number of hydrogen-bond donors (Lipinski definition) is 1. The second-order valence-electron chi connectivity index (χ2n) is 7.62. The molecule has 0 radical (unpaired) electrons. The maximum atomic E-state index is 5.99. The van der Waals surface area contributed by atoms with Crippen LogP contribution in [0.5, 0.6) is 0 Å². The first-order valence-corrected chi connectivity index (χ1v) is 8.45. The fourth-order valence-corrected chi connectivity index (χ4v) is 4.73.